The average Bonchev–Trinajstić information content (AvgIpc) is 2.66. The Morgan fingerprint density at radius 2 is 1.93 bits per heavy atom. The fourth-order valence-corrected chi connectivity index (χ4v) is 1.92. The first kappa shape index (κ1) is 22.0. The quantitative estimate of drug-likeness (QED) is 0.400. The summed E-state index contributed by atoms with van der Waals surface area (Å²) in [5.41, 5.74) is 0.693. The van der Waals surface area contributed by atoms with Crippen LogP contribution in [0.2, 0.25) is 0 Å². The number of rotatable bonds is 9. The number of nitrogens with one attached hydrogen (secondary N) is 1. The lowest BCUT2D eigenvalue weighted by Crippen LogP contribution is -2.39. The number of hydrogen-bond donors (Lipinski definition) is 1. The maximum atomic E-state index is 11.8. The molecule has 0 bridgehead atoms. The van der Waals surface area contributed by atoms with Crippen molar-refractivity contribution in [1.82, 2.24) is 5.32 Å². The molecule has 27 heavy (non-hydrogen) atoms. The molecule has 1 aromatic rings. The maximum Gasteiger partial charge on any atom is 0.413 e. The van der Waals surface area contributed by atoms with Crippen LogP contribution >= 0.6 is 0 Å². The molecule has 1 rings (SSSR count). The van der Waals surface area contributed by atoms with E-state index in [0.29, 0.717) is 23.7 Å². The summed E-state index contributed by atoms with van der Waals surface area (Å²) in [5.74, 6) is -0.338. The van der Waals surface area contributed by atoms with Crippen LogP contribution in [0.25, 0.3) is 6.08 Å². The number of carbonyl (C=O) groups excluding carboxylic acids is 3. The number of imide groups is 1. The van der Waals surface area contributed by atoms with Gasteiger partial charge in [0.05, 0.1) is 20.8 Å². The SMILES string of the molecule is CCCCOc1ccc(/C=C/C(=O)O[C@H](C)C(=O)NC(=O)OC)cc1OC. The predicted octanol–water partition coefficient (Wildman–Crippen LogP) is 2.70. The van der Waals surface area contributed by atoms with Crippen molar-refractivity contribution >= 4 is 24.0 Å². The molecule has 2 amide bonds. The molecular weight excluding hydrogens is 354 g/mol. The van der Waals surface area contributed by atoms with Gasteiger partial charge in [0.2, 0.25) is 0 Å². The van der Waals surface area contributed by atoms with Crippen LogP contribution in [0, 0.1) is 0 Å². The van der Waals surface area contributed by atoms with Crippen LogP contribution in [0.3, 0.4) is 0 Å². The van der Waals surface area contributed by atoms with E-state index in [1.165, 1.54) is 26.2 Å². The van der Waals surface area contributed by atoms with Gasteiger partial charge in [-0.25, -0.2) is 9.59 Å². The van der Waals surface area contributed by atoms with Gasteiger partial charge in [0, 0.05) is 6.08 Å². The number of methoxy groups -OCH3 is 2. The molecule has 148 valence electrons. The van der Waals surface area contributed by atoms with Crippen molar-refractivity contribution in [2.24, 2.45) is 0 Å². The second-order valence-electron chi connectivity index (χ2n) is 5.51. The van der Waals surface area contributed by atoms with Crippen molar-refractivity contribution in [1.29, 1.82) is 0 Å². The minimum atomic E-state index is -1.15. The minimum Gasteiger partial charge on any atom is -0.493 e. The molecule has 0 aromatic heterocycles. The topological polar surface area (TPSA) is 100 Å². The minimum absolute atomic E-state index is 0.549. The highest BCUT2D eigenvalue weighted by molar-refractivity contribution is 5.96. The molecule has 1 N–H and O–H groups in total. The van der Waals surface area contributed by atoms with Gasteiger partial charge in [-0.1, -0.05) is 19.4 Å². The molecule has 0 heterocycles. The molecule has 0 unspecified atom stereocenters. The van der Waals surface area contributed by atoms with Crippen molar-refractivity contribution < 1.29 is 33.3 Å². The van der Waals surface area contributed by atoms with Crippen molar-refractivity contribution in [3.8, 4) is 11.5 Å². The first-order valence-corrected chi connectivity index (χ1v) is 8.49. The molecule has 1 atom stereocenters. The molecule has 8 nitrogen and oxygen atoms in total. The number of unbranched alkanes of at least 4 members (excludes halogenated alkanes) is 1. The Balaban J connectivity index is 2.66. The van der Waals surface area contributed by atoms with Gasteiger partial charge >= 0.3 is 12.1 Å². The Morgan fingerprint density at radius 1 is 1.19 bits per heavy atom. The van der Waals surface area contributed by atoms with E-state index in [-0.39, 0.29) is 0 Å². The van der Waals surface area contributed by atoms with Crippen LogP contribution in [0.4, 0.5) is 4.79 Å². The zero-order valence-electron chi connectivity index (χ0n) is 15.9. The monoisotopic (exact) mass is 379 g/mol. The second-order valence-corrected chi connectivity index (χ2v) is 5.51. The fraction of sp³-hybridized carbons (Fsp3) is 0.421. The molecule has 0 aliphatic rings. The standard InChI is InChI=1S/C19H25NO7/c1-5-6-11-26-15-9-7-14(12-16(15)24-3)8-10-17(21)27-13(2)18(22)20-19(23)25-4/h7-10,12-13H,5-6,11H2,1-4H3,(H,20,22,23)/b10-8+/t13-/m1/s1. The fourth-order valence-electron chi connectivity index (χ4n) is 1.92. The van der Waals surface area contributed by atoms with E-state index < -0.39 is 24.1 Å². The summed E-state index contributed by atoms with van der Waals surface area (Å²) < 4.78 is 20.2. The van der Waals surface area contributed by atoms with E-state index in [1.54, 1.807) is 18.2 Å². The average molecular weight is 379 g/mol. The van der Waals surface area contributed by atoms with Crippen molar-refractivity contribution in [3.05, 3.63) is 29.8 Å². The summed E-state index contributed by atoms with van der Waals surface area (Å²) in [6, 6.07) is 5.24. The van der Waals surface area contributed by atoms with Gasteiger partial charge in [-0.3, -0.25) is 10.1 Å². The molecule has 0 saturated carbocycles. The van der Waals surface area contributed by atoms with E-state index in [4.69, 9.17) is 14.2 Å². The molecule has 8 heteroatoms. The highest BCUT2D eigenvalue weighted by atomic mass is 16.6. The largest absolute Gasteiger partial charge is 0.493 e. The van der Waals surface area contributed by atoms with Crippen molar-refractivity contribution in [2.45, 2.75) is 32.8 Å². The molecule has 1 aromatic carbocycles. The van der Waals surface area contributed by atoms with Crippen LogP contribution in [0.5, 0.6) is 11.5 Å². The summed E-state index contributed by atoms with van der Waals surface area (Å²) in [6.07, 6.45) is 2.59. The number of benzene rings is 1. The lowest BCUT2D eigenvalue weighted by atomic mass is 10.2. The van der Waals surface area contributed by atoms with Crippen LogP contribution in [-0.4, -0.2) is 44.9 Å². The molecular formula is C19H25NO7. The van der Waals surface area contributed by atoms with E-state index in [2.05, 4.69) is 11.7 Å². The Bertz CT molecular complexity index is 685. The van der Waals surface area contributed by atoms with E-state index >= 15 is 0 Å². The van der Waals surface area contributed by atoms with E-state index in [9.17, 15) is 14.4 Å². The Hall–Kier alpha value is -3.03. The van der Waals surface area contributed by atoms with Gasteiger partial charge in [-0.15, -0.1) is 0 Å². The third kappa shape index (κ3) is 7.81. The number of alkyl carbamates (subject to hydrolysis) is 1. The predicted molar refractivity (Wildman–Crippen MR) is 98.5 cm³/mol. The van der Waals surface area contributed by atoms with Gasteiger partial charge in [-0.2, -0.15) is 0 Å². The number of carbonyl (C=O) groups is 3. The third-order valence-electron chi connectivity index (χ3n) is 3.43. The zero-order valence-corrected chi connectivity index (χ0v) is 15.9. The zero-order chi connectivity index (χ0) is 20.2. The molecule has 0 radical (unpaired) electrons. The summed E-state index contributed by atoms with van der Waals surface area (Å²) in [5, 5.41) is 1.92. The van der Waals surface area contributed by atoms with Crippen molar-refractivity contribution in [3.63, 3.8) is 0 Å². The van der Waals surface area contributed by atoms with Crippen LogP contribution < -0.4 is 14.8 Å². The van der Waals surface area contributed by atoms with Gasteiger partial charge in [0.15, 0.2) is 17.6 Å². The Kier molecular flexibility index (Phi) is 9.42. The van der Waals surface area contributed by atoms with Crippen LogP contribution in [0.15, 0.2) is 24.3 Å². The lowest BCUT2D eigenvalue weighted by Gasteiger charge is -2.11. The highest BCUT2D eigenvalue weighted by Gasteiger charge is 2.19. The summed E-state index contributed by atoms with van der Waals surface area (Å²) >= 11 is 0. The molecule has 0 aliphatic heterocycles. The normalized spacial score (nSPS) is 11.6. The first-order chi connectivity index (χ1) is 12.9. The summed E-state index contributed by atoms with van der Waals surface area (Å²) in [4.78, 5) is 34.4. The second kappa shape index (κ2) is 11.6. The lowest BCUT2D eigenvalue weighted by molar-refractivity contribution is -0.149. The third-order valence-corrected chi connectivity index (χ3v) is 3.43. The Labute approximate surface area is 158 Å². The van der Waals surface area contributed by atoms with Gasteiger partial charge in [0.25, 0.3) is 5.91 Å². The van der Waals surface area contributed by atoms with E-state index in [0.717, 1.165) is 20.0 Å². The van der Waals surface area contributed by atoms with E-state index in [1.807, 2.05) is 5.32 Å². The number of amides is 2. The number of hydrogen-bond acceptors (Lipinski definition) is 7. The summed E-state index contributed by atoms with van der Waals surface area (Å²) in [6.45, 7) is 4.02. The smallest absolute Gasteiger partial charge is 0.413 e. The first-order valence-electron chi connectivity index (χ1n) is 8.49. The molecule has 0 spiro atoms. The molecule has 0 fully saturated rings. The highest BCUT2D eigenvalue weighted by Crippen LogP contribution is 2.28. The maximum absolute atomic E-state index is 11.8. The van der Waals surface area contributed by atoms with Gasteiger partial charge in [0.1, 0.15) is 0 Å². The Morgan fingerprint density at radius 3 is 2.56 bits per heavy atom. The van der Waals surface area contributed by atoms with Crippen LogP contribution in [0.1, 0.15) is 32.3 Å². The summed E-state index contributed by atoms with van der Waals surface area (Å²) in [7, 11) is 2.65. The van der Waals surface area contributed by atoms with Crippen molar-refractivity contribution in [2.75, 3.05) is 20.8 Å². The number of ether oxygens (including phenoxy) is 4. The number of esters is 1. The van der Waals surface area contributed by atoms with Gasteiger partial charge < -0.3 is 18.9 Å². The molecule has 0 aliphatic carbocycles. The van der Waals surface area contributed by atoms with Gasteiger partial charge in [-0.05, 0) is 37.1 Å². The molecule has 0 saturated heterocycles. The van der Waals surface area contributed by atoms with Crippen LogP contribution in [-0.2, 0) is 19.1 Å².